The van der Waals surface area contributed by atoms with E-state index in [4.69, 9.17) is 23.2 Å². The van der Waals surface area contributed by atoms with E-state index in [-0.39, 0.29) is 12.2 Å². The molecule has 146 valence electrons. The molecule has 0 fully saturated rings. The molecule has 1 N–H and O–H groups in total. The van der Waals surface area contributed by atoms with Crippen molar-refractivity contribution in [3.8, 4) is 5.69 Å². The number of benzene rings is 2. The molecule has 1 aromatic heterocycles. The van der Waals surface area contributed by atoms with Crippen molar-refractivity contribution < 1.29 is 23.1 Å². The number of aromatic carboxylic acids is 1. The van der Waals surface area contributed by atoms with Crippen molar-refractivity contribution in [3.05, 3.63) is 85.8 Å². The first-order chi connectivity index (χ1) is 13.1. The molecule has 3 aromatic rings. The molecule has 0 aliphatic heterocycles. The van der Waals surface area contributed by atoms with E-state index < -0.39 is 28.8 Å². The Hall–Kier alpha value is -2.71. The fraction of sp³-hybridized carbons (Fsp3) is 0.111. The van der Waals surface area contributed by atoms with E-state index in [2.05, 4.69) is 0 Å². The van der Waals surface area contributed by atoms with Crippen molar-refractivity contribution in [2.75, 3.05) is 0 Å². The molecule has 0 amide bonds. The van der Waals surface area contributed by atoms with Crippen LogP contribution in [0, 0.1) is 0 Å². The van der Waals surface area contributed by atoms with Crippen molar-refractivity contribution in [1.29, 1.82) is 0 Å². The van der Waals surface area contributed by atoms with Gasteiger partial charge in [-0.25, -0.2) is 9.48 Å². The lowest BCUT2D eigenvalue weighted by Crippen LogP contribution is -2.24. The van der Waals surface area contributed by atoms with Gasteiger partial charge in [-0.15, -0.1) is 0 Å². The molecule has 1 heterocycles. The molecule has 3 rings (SSSR count). The van der Waals surface area contributed by atoms with Gasteiger partial charge in [0.25, 0.3) is 5.56 Å². The molecule has 10 heteroatoms. The van der Waals surface area contributed by atoms with Crippen LogP contribution in [0.25, 0.3) is 5.69 Å². The second-order valence-electron chi connectivity index (χ2n) is 5.84. The molecule has 0 unspecified atom stereocenters. The number of halogens is 5. The SMILES string of the molecule is O=C(O)c1cn(Cc2ccc(Cl)cc2Cl)n(-c2ccc(C(F)(F)F)cc2)c1=O. The maximum absolute atomic E-state index is 12.8. The van der Waals surface area contributed by atoms with E-state index in [1.807, 2.05) is 0 Å². The van der Waals surface area contributed by atoms with Gasteiger partial charge in [-0.2, -0.15) is 13.2 Å². The molecule has 0 radical (unpaired) electrons. The second-order valence-corrected chi connectivity index (χ2v) is 6.69. The number of nitrogens with zero attached hydrogens (tertiary/aromatic N) is 2. The van der Waals surface area contributed by atoms with Gasteiger partial charge >= 0.3 is 12.1 Å². The van der Waals surface area contributed by atoms with Crippen LogP contribution in [0.4, 0.5) is 13.2 Å². The number of carboxylic acids is 1. The van der Waals surface area contributed by atoms with E-state index in [1.165, 1.54) is 10.7 Å². The molecule has 5 nitrogen and oxygen atoms in total. The molecule has 0 bridgehead atoms. The highest BCUT2D eigenvalue weighted by Crippen LogP contribution is 2.29. The number of carboxylic acid groups (broad SMARTS) is 1. The van der Waals surface area contributed by atoms with Gasteiger partial charge in [0.1, 0.15) is 5.56 Å². The minimum atomic E-state index is -4.53. The first kappa shape index (κ1) is 20.0. The monoisotopic (exact) mass is 430 g/mol. The third-order valence-electron chi connectivity index (χ3n) is 3.97. The van der Waals surface area contributed by atoms with Gasteiger partial charge in [0.05, 0.1) is 17.8 Å². The summed E-state index contributed by atoms with van der Waals surface area (Å²) < 4.78 is 40.6. The standard InChI is InChI=1S/C18H11Cl2F3N2O3/c19-12-4-1-10(15(20)7-12)8-24-9-14(17(27)28)16(26)25(24)13-5-2-11(3-6-13)18(21,22)23/h1-7,9H,8H2,(H,27,28). The average Bonchev–Trinajstić information content (AvgIpc) is 2.93. The Balaban J connectivity index is 2.12. The quantitative estimate of drug-likeness (QED) is 0.651. The maximum atomic E-state index is 12.8. The van der Waals surface area contributed by atoms with Crippen LogP contribution in [0.5, 0.6) is 0 Å². The van der Waals surface area contributed by atoms with Crippen LogP contribution in [0.3, 0.4) is 0 Å². The van der Waals surface area contributed by atoms with E-state index >= 15 is 0 Å². The van der Waals surface area contributed by atoms with Crippen LogP contribution in [0.15, 0.2) is 53.5 Å². The zero-order chi connectivity index (χ0) is 20.6. The van der Waals surface area contributed by atoms with Gasteiger partial charge in [0, 0.05) is 16.2 Å². The van der Waals surface area contributed by atoms with Crippen LogP contribution < -0.4 is 5.56 Å². The number of alkyl halides is 3. The summed E-state index contributed by atoms with van der Waals surface area (Å²) in [5.74, 6) is -1.45. The molecule has 0 atom stereocenters. The molecule has 28 heavy (non-hydrogen) atoms. The van der Waals surface area contributed by atoms with Crippen LogP contribution >= 0.6 is 23.2 Å². The Bertz CT molecular complexity index is 1100. The Morgan fingerprint density at radius 2 is 1.71 bits per heavy atom. The van der Waals surface area contributed by atoms with Crippen LogP contribution in [-0.4, -0.2) is 20.4 Å². The zero-order valence-corrected chi connectivity index (χ0v) is 15.4. The van der Waals surface area contributed by atoms with Gasteiger partial charge < -0.3 is 5.11 Å². The van der Waals surface area contributed by atoms with Crippen LogP contribution in [-0.2, 0) is 12.7 Å². The van der Waals surface area contributed by atoms with Crippen LogP contribution in [0.1, 0.15) is 21.5 Å². The van der Waals surface area contributed by atoms with Crippen molar-refractivity contribution >= 4 is 29.2 Å². The summed E-state index contributed by atoms with van der Waals surface area (Å²) in [6, 6.07) is 8.48. The van der Waals surface area contributed by atoms with Gasteiger partial charge in [0.15, 0.2) is 0 Å². The Morgan fingerprint density at radius 3 is 2.25 bits per heavy atom. The molecule has 0 aliphatic rings. The first-order valence-corrected chi connectivity index (χ1v) is 8.51. The Kier molecular flexibility index (Phi) is 5.27. The third kappa shape index (κ3) is 3.93. The van der Waals surface area contributed by atoms with Gasteiger partial charge in [-0.3, -0.25) is 9.48 Å². The lowest BCUT2D eigenvalue weighted by atomic mass is 10.2. The summed E-state index contributed by atoms with van der Waals surface area (Å²) in [7, 11) is 0. The largest absolute Gasteiger partial charge is 0.477 e. The van der Waals surface area contributed by atoms with Gasteiger partial charge in [-0.05, 0) is 42.0 Å². The zero-order valence-electron chi connectivity index (χ0n) is 13.9. The van der Waals surface area contributed by atoms with Crippen molar-refractivity contribution in [2.24, 2.45) is 0 Å². The number of aromatic nitrogens is 2. The fourth-order valence-electron chi connectivity index (χ4n) is 2.64. The lowest BCUT2D eigenvalue weighted by molar-refractivity contribution is -0.137. The molecule has 2 aromatic carbocycles. The number of carbonyl (C=O) groups is 1. The predicted octanol–water partition coefficient (Wildman–Crippen LogP) is 4.71. The number of hydrogen-bond donors (Lipinski definition) is 1. The Labute approximate surface area is 166 Å². The summed E-state index contributed by atoms with van der Waals surface area (Å²) >= 11 is 12.0. The first-order valence-electron chi connectivity index (χ1n) is 7.75. The van der Waals surface area contributed by atoms with Crippen molar-refractivity contribution in [3.63, 3.8) is 0 Å². The number of rotatable bonds is 4. The highest BCUT2D eigenvalue weighted by Gasteiger charge is 2.30. The molecule has 0 saturated carbocycles. The van der Waals surface area contributed by atoms with Gasteiger partial charge in [0.2, 0.25) is 0 Å². The lowest BCUT2D eigenvalue weighted by Gasteiger charge is -2.14. The van der Waals surface area contributed by atoms with Gasteiger partial charge in [-0.1, -0.05) is 29.3 Å². The van der Waals surface area contributed by atoms with E-state index in [0.29, 0.717) is 15.6 Å². The Morgan fingerprint density at radius 1 is 1.07 bits per heavy atom. The maximum Gasteiger partial charge on any atom is 0.416 e. The number of hydrogen-bond acceptors (Lipinski definition) is 2. The van der Waals surface area contributed by atoms with E-state index in [1.54, 1.807) is 12.1 Å². The summed E-state index contributed by atoms with van der Waals surface area (Å²) in [4.78, 5) is 23.9. The van der Waals surface area contributed by atoms with Crippen molar-refractivity contribution in [1.82, 2.24) is 9.36 Å². The molecular formula is C18H11Cl2F3N2O3. The molecule has 0 spiro atoms. The smallest absolute Gasteiger partial charge is 0.416 e. The molecule has 0 aliphatic carbocycles. The van der Waals surface area contributed by atoms with E-state index in [9.17, 15) is 27.9 Å². The molecule has 0 saturated heterocycles. The van der Waals surface area contributed by atoms with Crippen LogP contribution in [0.2, 0.25) is 10.0 Å². The second kappa shape index (κ2) is 7.37. The highest BCUT2D eigenvalue weighted by atomic mass is 35.5. The summed E-state index contributed by atoms with van der Waals surface area (Å²) in [6.07, 6.45) is -3.43. The normalized spacial score (nSPS) is 11.6. The topological polar surface area (TPSA) is 64.2 Å². The summed E-state index contributed by atoms with van der Waals surface area (Å²) in [5, 5.41) is 9.93. The van der Waals surface area contributed by atoms with Crippen molar-refractivity contribution in [2.45, 2.75) is 12.7 Å². The summed E-state index contributed by atoms with van der Waals surface area (Å²) in [5.41, 5.74) is -1.67. The third-order valence-corrected chi connectivity index (χ3v) is 4.56. The average molecular weight is 431 g/mol. The predicted molar refractivity (Wildman–Crippen MR) is 97.6 cm³/mol. The molecular weight excluding hydrogens is 420 g/mol. The highest BCUT2D eigenvalue weighted by molar-refractivity contribution is 6.35. The fourth-order valence-corrected chi connectivity index (χ4v) is 3.11. The van der Waals surface area contributed by atoms with E-state index in [0.717, 1.165) is 35.1 Å². The minimum Gasteiger partial charge on any atom is -0.477 e. The summed E-state index contributed by atoms with van der Waals surface area (Å²) in [6.45, 7) is -0.000452. The minimum absolute atomic E-state index is 0.000452.